The maximum absolute atomic E-state index is 4.64. The van der Waals surface area contributed by atoms with E-state index < -0.39 is 0 Å². The minimum absolute atomic E-state index is 0.0149. The standard InChI is InChI=1S/C27H58N3/c1-8-15-21-28(22-16-9-2)27(14-7,29(23-17-10-3)24-18-11-4)30(25-19-12-5)26-20-13-6/h7-26H2,1-6H3. The molecule has 0 saturated heterocycles. The van der Waals surface area contributed by atoms with Crippen LogP contribution >= 0.6 is 0 Å². The Hall–Kier alpha value is -0.120. The summed E-state index contributed by atoms with van der Waals surface area (Å²) in [5.74, 6) is -0.0149. The first-order valence-electron chi connectivity index (χ1n) is 13.7. The van der Waals surface area contributed by atoms with Crippen molar-refractivity contribution < 1.29 is 0 Å². The van der Waals surface area contributed by atoms with Gasteiger partial charge in [0.05, 0.1) is 0 Å². The van der Waals surface area contributed by atoms with Crippen LogP contribution in [0.3, 0.4) is 0 Å². The van der Waals surface area contributed by atoms with Gasteiger partial charge in [-0.25, -0.2) is 0 Å². The van der Waals surface area contributed by atoms with Crippen LogP contribution in [-0.4, -0.2) is 59.8 Å². The van der Waals surface area contributed by atoms with Gasteiger partial charge < -0.3 is 0 Å². The normalized spacial score (nSPS) is 12.6. The Balaban J connectivity index is 6.26. The van der Waals surface area contributed by atoms with E-state index in [1.807, 2.05) is 0 Å². The summed E-state index contributed by atoms with van der Waals surface area (Å²) in [6.45, 7) is 25.9. The molecule has 0 saturated carbocycles. The van der Waals surface area contributed by atoms with Crippen LogP contribution in [0.5, 0.6) is 0 Å². The molecule has 0 aliphatic carbocycles. The lowest BCUT2D eigenvalue weighted by molar-refractivity contribution is -0.173. The van der Waals surface area contributed by atoms with Crippen molar-refractivity contribution in [2.24, 2.45) is 0 Å². The highest BCUT2D eigenvalue weighted by atomic mass is 15.6. The Labute approximate surface area is 192 Å². The minimum atomic E-state index is -0.0149. The Kier molecular flexibility index (Phi) is 19.5. The van der Waals surface area contributed by atoms with Crippen LogP contribution in [0.4, 0.5) is 0 Å². The van der Waals surface area contributed by atoms with Crippen molar-refractivity contribution in [1.29, 1.82) is 0 Å². The zero-order valence-electron chi connectivity index (χ0n) is 22.0. The molecule has 0 aliphatic rings. The second-order valence-corrected chi connectivity index (χ2v) is 9.11. The summed E-state index contributed by atoms with van der Waals surface area (Å²) in [6, 6.07) is 0. The molecular weight excluding hydrogens is 366 g/mol. The molecule has 0 rings (SSSR count). The summed E-state index contributed by atoms with van der Waals surface area (Å²) >= 11 is 0. The predicted molar refractivity (Wildman–Crippen MR) is 137 cm³/mol. The molecule has 0 bridgehead atoms. The van der Waals surface area contributed by atoms with E-state index in [0.29, 0.717) is 0 Å². The van der Waals surface area contributed by atoms with Gasteiger partial charge in [-0.3, -0.25) is 14.7 Å². The molecule has 0 aromatic carbocycles. The van der Waals surface area contributed by atoms with Gasteiger partial charge in [0.25, 0.3) is 0 Å². The second kappa shape index (κ2) is 19.6. The Morgan fingerprint density at radius 2 is 0.633 bits per heavy atom. The van der Waals surface area contributed by atoms with Gasteiger partial charge in [-0.1, -0.05) is 80.1 Å². The van der Waals surface area contributed by atoms with E-state index in [2.05, 4.69) is 63.2 Å². The van der Waals surface area contributed by atoms with Gasteiger partial charge in [0.15, 0.2) is 0 Å². The van der Waals surface area contributed by atoms with Gasteiger partial charge in [0.1, 0.15) is 5.79 Å². The van der Waals surface area contributed by atoms with E-state index in [0.717, 1.165) is 6.42 Å². The molecule has 0 unspecified atom stereocenters. The lowest BCUT2D eigenvalue weighted by atomic mass is 10.0. The van der Waals surface area contributed by atoms with Gasteiger partial charge in [0.2, 0.25) is 0 Å². The van der Waals surface area contributed by atoms with Gasteiger partial charge in [-0.2, -0.15) is 0 Å². The van der Waals surface area contributed by atoms with E-state index in [1.165, 1.54) is 116 Å². The molecular formula is C27H58N3. The molecule has 3 heteroatoms. The summed E-state index contributed by atoms with van der Waals surface area (Å²) in [7, 11) is 0. The van der Waals surface area contributed by atoms with Gasteiger partial charge in [-0.15, -0.1) is 0 Å². The lowest BCUT2D eigenvalue weighted by Crippen LogP contribution is -2.70. The monoisotopic (exact) mass is 424 g/mol. The summed E-state index contributed by atoms with van der Waals surface area (Å²) in [6.07, 6.45) is 16.3. The molecule has 0 aromatic rings. The van der Waals surface area contributed by atoms with Gasteiger partial charge >= 0.3 is 0 Å². The molecule has 181 valence electrons. The average Bonchev–Trinajstić information content (AvgIpc) is 2.77. The zero-order chi connectivity index (χ0) is 22.7. The molecule has 0 atom stereocenters. The van der Waals surface area contributed by atoms with Crippen LogP contribution in [0, 0.1) is 6.92 Å². The molecule has 1 radical (unpaired) electrons. The van der Waals surface area contributed by atoms with Crippen LogP contribution < -0.4 is 0 Å². The number of unbranched alkanes of at least 4 members (excludes halogenated alkanes) is 6. The highest BCUT2D eigenvalue weighted by Crippen LogP contribution is 2.32. The van der Waals surface area contributed by atoms with Crippen LogP contribution in [-0.2, 0) is 0 Å². The number of nitrogens with zero attached hydrogens (tertiary/aromatic N) is 3. The molecule has 0 fully saturated rings. The van der Waals surface area contributed by atoms with E-state index in [1.54, 1.807) is 0 Å². The molecule has 0 aromatic heterocycles. The highest BCUT2D eigenvalue weighted by Gasteiger charge is 2.44. The van der Waals surface area contributed by atoms with E-state index in [-0.39, 0.29) is 5.79 Å². The van der Waals surface area contributed by atoms with Gasteiger partial charge in [-0.05, 0) is 51.9 Å². The fraction of sp³-hybridized carbons (Fsp3) is 0.963. The van der Waals surface area contributed by atoms with Crippen molar-refractivity contribution in [1.82, 2.24) is 14.7 Å². The number of hydrogen-bond acceptors (Lipinski definition) is 3. The topological polar surface area (TPSA) is 9.72 Å². The molecule has 0 spiro atoms. The molecule has 3 nitrogen and oxygen atoms in total. The first kappa shape index (κ1) is 29.9. The Morgan fingerprint density at radius 3 is 0.767 bits per heavy atom. The van der Waals surface area contributed by atoms with Crippen LogP contribution in [0.2, 0.25) is 0 Å². The second-order valence-electron chi connectivity index (χ2n) is 9.11. The quantitative estimate of drug-likeness (QED) is 0.166. The van der Waals surface area contributed by atoms with Crippen LogP contribution in [0.1, 0.15) is 125 Å². The first-order valence-corrected chi connectivity index (χ1v) is 13.7. The average molecular weight is 425 g/mol. The summed E-state index contributed by atoms with van der Waals surface area (Å²) in [5.41, 5.74) is 0. The molecule has 0 heterocycles. The van der Waals surface area contributed by atoms with Crippen LogP contribution in [0.25, 0.3) is 0 Å². The van der Waals surface area contributed by atoms with Crippen molar-refractivity contribution in [3.63, 3.8) is 0 Å². The van der Waals surface area contributed by atoms with Crippen LogP contribution in [0.15, 0.2) is 0 Å². The smallest absolute Gasteiger partial charge is 0.131 e. The van der Waals surface area contributed by atoms with Crippen molar-refractivity contribution in [3.05, 3.63) is 6.92 Å². The van der Waals surface area contributed by atoms with Gasteiger partial charge in [0, 0.05) is 39.3 Å². The fourth-order valence-electron chi connectivity index (χ4n) is 4.58. The third-order valence-electron chi connectivity index (χ3n) is 6.54. The Morgan fingerprint density at radius 1 is 0.433 bits per heavy atom. The lowest BCUT2D eigenvalue weighted by Gasteiger charge is -2.57. The fourth-order valence-corrected chi connectivity index (χ4v) is 4.58. The minimum Gasteiger partial charge on any atom is -0.273 e. The van der Waals surface area contributed by atoms with Crippen molar-refractivity contribution in [2.75, 3.05) is 39.3 Å². The van der Waals surface area contributed by atoms with E-state index >= 15 is 0 Å². The summed E-state index contributed by atoms with van der Waals surface area (Å²) in [4.78, 5) is 8.59. The third kappa shape index (κ3) is 10.0. The first-order chi connectivity index (χ1) is 14.6. The maximum Gasteiger partial charge on any atom is 0.131 e. The summed E-state index contributed by atoms with van der Waals surface area (Å²) < 4.78 is 0. The van der Waals surface area contributed by atoms with Crippen molar-refractivity contribution >= 4 is 0 Å². The van der Waals surface area contributed by atoms with E-state index in [4.69, 9.17) is 0 Å². The maximum atomic E-state index is 4.64. The summed E-state index contributed by atoms with van der Waals surface area (Å²) in [5, 5.41) is 0. The molecule has 0 amide bonds. The Bertz CT molecular complexity index is 284. The van der Waals surface area contributed by atoms with Crippen molar-refractivity contribution in [3.8, 4) is 0 Å². The predicted octanol–water partition coefficient (Wildman–Crippen LogP) is 7.57. The highest BCUT2D eigenvalue weighted by molar-refractivity contribution is 4.92. The number of rotatable bonds is 22. The molecule has 30 heavy (non-hydrogen) atoms. The largest absolute Gasteiger partial charge is 0.273 e. The van der Waals surface area contributed by atoms with Crippen molar-refractivity contribution in [2.45, 2.75) is 131 Å². The third-order valence-corrected chi connectivity index (χ3v) is 6.54. The zero-order valence-corrected chi connectivity index (χ0v) is 22.0. The molecule has 0 aliphatic heterocycles. The number of hydrogen-bond donors (Lipinski definition) is 0. The molecule has 0 N–H and O–H groups in total. The SMILES string of the molecule is [CH2]CC(N(CCCC)CCCC)(N(CCCC)CCCC)N(CCCC)CCCC. The van der Waals surface area contributed by atoms with E-state index in [9.17, 15) is 0 Å².